The highest BCUT2D eigenvalue weighted by Gasteiger charge is 2.27. The van der Waals surface area contributed by atoms with Gasteiger partial charge in [-0.05, 0) is 31.4 Å². The number of piperidine rings is 1. The molecule has 0 saturated carbocycles. The molecule has 1 aliphatic heterocycles. The second kappa shape index (κ2) is 4.87. The third-order valence-electron chi connectivity index (χ3n) is 3.23. The molecular formula is C12H16F2N2O. The van der Waals surface area contributed by atoms with Gasteiger partial charge in [0.25, 0.3) is 0 Å². The number of nitrogens with two attached hydrogens (primary N) is 1. The van der Waals surface area contributed by atoms with Crippen LogP contribution in [0, 0.1) is 11.6 Å². The normalized spacial score (nSPS) is 20.6. The molecule has 1 aromatic rings. The van der Waals surface area contributed by atoms with Gasteiger partial charge in [0.2, 0.25) is 0 Å². The third kappa shape index (κ3) is 2.20. The molecule has 1 unspecified atom stereocenters. The molecule has 0 spiro atoms. The largest absolute Gasteiger partial charge is 0.397 e. The number of hydrogen-bond donors (Lipinski definition) is 2. The predicted octanol–water partition coefficient (Wildman–Crippen LogP) is 1.90. The summed E-state index contributed by atoms with van der Waals surface area (Å²) in [7, 11) is 0. The number of nitrogens with zero attached hydrogens (tertiary/aromatic N) is 1. The van der Waals surface area contributed by atoms with E-state index < -0.39 is 11.6 Å². The molecule has 5 heteroatoms. The van der Waals surface area contributed by atoms with E-state index in [4.69, 9.17) is 5.73 Å². The molecule has 0 radical (unpaired) electrons. The standard InChI is InChI=1S/C12H16F2N2O/c13-9-4-5-10(15)12(11(9)14)16-6-2-1-3-8(16)7-17/h4-5,8,17H,1-3,6-7,15H2. The van der Waals surface area contributed by atoms with Gasteiger partial charge in [-0.3, -0.25) is 0 Å². The summed E-state index contributed by atoms with van der Waals surface area (Å²) in [5.74, 6) is -1.83. The van der Waals surface area contributed by atoms with Crippen molar-refractivity contribution < 1.29 is 13.9 Å². The molecule has 0 bridgehead atoms. The first-order valence-corrected chi connectivity index (χ1v) is 5.76. The van der Waals surface area contributed by atoms with Crippen LogP contribution in [0.3, 0.4) is 0 Å². The van der Waals surface area contributed by atoms with Crippen LogP contribution in [0.25, 0.3) is 0 Å². The third-order valence-corrected chi connectivity index (χ3v) is 3.23. The summed E-state index contributed by atoms with van der Waals surface area (Å²) in [5, 5.41) is 9.28. The molecule has 17 heavy (non-hydrogen) atoms. The molecule has 94 valence electrons. The second-order valence-electron chi connectivity index (χ2n) is 4.32. The Morgan fingerprint density at radius 3 is 2.82 bits per heavy atom. The van der Waals surface area contributed by atoms with Crippen molar-refractivity contribution in [1.29, 1.82) is 0 Å². The van der Waals surface area contributed by atoms with Gasteiger partial charge in [0.15, 0.2) is 11.6 Å². The lowest BCUT2D eigenvalue weighted by Crippen LogP contribution is -2.42. The zero-order valence-electron chi connectivity index (χ0n) is 9.50. The van der Waals surface area contributed by atoms with E-state index in [0.717, 1.165) is 25.3 Å². The number of halogens is 2. The lowest BCUT2D eigenvalue weighted by atomic mass is 10.0. The zero-order valence-corrected chi connectivity index (χ0v) is 9.50. The lowest BCUT2D eigenvalue weighted by Gasteiger charge is -2.37. The van der Waals surface area contributed by atoms with Crippen molar-refractivity contribution >= 4 is 11.4 Å². The van der Waals surface area contributed by atoms with Crippen molar-refractivity contribution in [3.8, 4) is 0 Å². The van der Waals surface area contributed by atoms with Gasteiger partial charge in [0.1, 0.15) is 0 Å². The van der Waals surface area contributed by atoms with Crippen LogP contribution in [0.5, 0.6) is 0 Å². The average Bonchev–Trinajstić information content (AvgIpc) is 2.35. The van der Waals surface area contributed by atoms with Gasteiger partial charge in [-0.2, -0.15) is 0 Å². The molecule has 2 rings (SSSR count). The van der Waals surface area contributed by atoms with Crippen LogP contribution in [0.15, 0.2) is 12.1 Å². The van der Waals surface area contributed by atoms with Crippen LogP contribution in [0.4, 0.5) is 20.2 Å². The van der Waals surface area contributed by atoms with Crippen LogP contribution in [-0.2, 0) is 0 Å². The minimum atomic E-state index is -0.926. The first-order chi connectivity index (χ1) is 8.15. The second-order valence-corrected chi connectivity index (χ2v) is 4.32. The topological polar surface area (TPSA) is 49.5 Å². The summed E-state index contributed by atoms with van der Waals surface area (Å²) in [6.07, 6.45) is 2.65. The Kier molecular flexibility index (Phi) is 3.47. The van der Waals surface area contributed by atoms with Crippen molar-refractivity contribution in [3.63, 3.8) is 0 Å². The highest BCUT2D eigenvalue weighted by Crippen LogP contribution is 2.33. The molecule has 3 N–H and O–H groups in total. The highest BCUT2D eigenvalue weighted by molar-refractivity contribution is 5.69. The van der Waals surface area contributed by atoms with Crippen molar-refractivity contribution in [2.75, 3.05) is 23.8 Å². The number of hydrogen-bond acceptors (Lipinski definition) is 3. The molecule has 0 aromatic heterocycles. The molecule has 1 saturated heterocycles. The van der Waals surface area contributed by atoms with Gasteiger partial charge in [-0.1, -0.05) is 0 Å². The molecule has 0 amide bonds. The van der Waals surface area contributed by atoms with Gasteiger partial charge >= 0.3 is 0 Å². The summed E-state index contributed by atoms with van der Waals surface area (Å²) < 4.78 is 27.0. The predicted molar refractivity (Wildman–Crippen MR) is 62.8 cm³/mol. The van der Waals surface area contributed by atoms with E-state index >= 15 is 0 Å². The number of rotatable bonds is 2. The van der Waals surface area contributed by atoms with Crippen LogP contribution in [0.2, 0.25) is 0 Å². The SMILES string of the molecule is Nc1ccc(F)c(F)c1N1CCCCC1CO. The maximum Gasteiger partial charge on any atom is 0.184 e. The molecule has 1 aliphatic rings. The minimum absolute atomic E-state index is 0.0740. The molecule has 1 fully saturated rings. The highest BCUT2D eigenvalue weighted by atomic mass is 19.2. The van der Waals surface area contributed by atoms with Gasteiger partial charge in [-0.25, -0.2) is 8.78 Å². The van der Waals surface area contributed by atoms with Gasteiger partial charge < -0.3 is 15.7 Å². The Balaban J connectivity index is 2.41. The van der Waals surface area contributed by atoms with Crippen molar-refractivity contribution in [1.82, 2.24) is 0 Å². The van der Waals surface area contributed by atoms with E-state index in [1.54, 1.807) is 4.90 Å². The first kappa shape index (κ1) is 12.1. The quantitative estimate of drug-likeness (QED) is 0.779. The summed E-state index contributed by atoms with van der Waals surface area (Å²) in [6.45, 7) is 0.519. The van der Waals surface area contributed by atoms with E-state index in [1.807, 2.05) is 0 Å². The van der Waals surface area contributed by atoms with Gasteiger partial charge in [0.05, 0.1) is 24.0 Å². The van der Waals surface area contributed by atoms with Crippen LogP contribution < -0.4 is 10.6 Å². The van der Waals surface area contributed by atoms with Crippen molar-refractivity contribution in [2.24, 2.45) is 0 Å². The van der Waals surface area contributed by atoms with E-state index in [1.165, 1.54) is 6.07 Å². The minimum Gasteiger partial charge on any atom is -0.397 e. The monoisotopic (exact) mass is 242 g/mol. The Morgan fingerprint density at radius 2 is 2.12 bits per heavy atom. The summed E-state index contributed by atoms with van der Waals surface area (Å²) in [4.78, 5) is 1.68. The summed E-state index contributed by atoms with van der Waals surface area (Å²) in [6, 6.07) is 2.20. The Hall–Kier alpha value is -1.36. The molecule has 1 heterocycles. The fraction of sp³-hybridized carbons (Fsp3) is 0.500. The van der Waals surface area contributed by atoms with E-state index in [2.05, 4.69) is 0 Å². The maximum absolute atomic E-state index is 13.8. The Morgan fingerprint density at radius 1 is 1.35 bits per heavy atom. The van der Waals surface area contributed by atoms with Gasteiger partial charge in [0, 0.05) is 6.54 Å². The van der Waals surface area contributed by atoms with E-state index in [-0.39, 0.29) is 24.0 Å². The number of nitrogen functional groups attached to an aromatic ring is 1. The maximum atomic E-state index is 13.8. The molecular weight excluding hydrogens is 226 g/mol. The number of anilines is 2. The van der Waals surface area contributed by atoms with Crippen molar-refractivity contribution in [3.05, 3.63) is 23.8 Å². The number of benzene rings is 1. The molecule has 0 aliphatic carbocycles. The fourth-order valence-corrected chi connectivity index (χ4v) is 2.33. The first-order valence-electron chi connectivity index (χ1n) is 5.76. The summed E-state index contributed by atoms with van der Waals surface area (Å²) >= 11 is 0. The van der Waals surface area contributed by atoms with Crippen LogP contribution in [-0.4, -0.2) is 24.3 Å². The lowest BCUT2D eigenvalue weighted by molar-refractivity contribution is 0.239. The molecule has 3 nitrogen and oxygen atoms in total. The summed E-state index contributed by atoms with van der Waals surface area (Å²) in [5.41, 5.74) is 6.01. The Bertz CT molecular complexity index is 412. The smallest absolute Gasteiger partial charge is 0.184 e. The van der Waals surface area contributed by atoms with Crippen LogP contribution in [0.1, 0.15) is 19.3 Å². The van der Waals surface area contributed by atoms with E-state index in [9.17, 15) is 13.9 Å². The average molecular weight is 242 g/mol. The van der Waals surface area contributed by atoms with E-state index in [0.29, 0.717) is 6.54 Å². The number of aliphatic hydroxyl groups is 1. The molecule has 1 atom stereocenters. The van der Waals surface area contributed by atoms with Crippen LogP contribution >= 0.6 is 0 Å². The number of aliphatic hydroxyl groups excluding tert-OH is 1. The van der Waals surface area contributed by atoms with Gasteiger partial charge in [-0.15, -0.1) is 0 Å². The zero-order chi connectivity index (χ0) is 12.4. The Labute approximate surface area is 98.8 Å². The van der Waals surface area contributed by atoms with Crippen molar-refractivity contribution in [2.45, 2.75) is 25.3 Å². The fourth-order valence-electron chi connectivity index (χ4n) is 2.33. The molecule has 1 aromatic carbocycles.